The molecule has 1 atom stereocenters. The average Bonchev–Trinajstić information content (AvgIpc) is 3.15. The lowest BCUT2D eigenvalue weighted by Crippen LogP contribution is -2.31. The van der Waals surface area contributed by atoms with Crippen molar-refractivity contribution in [2.24, 2.45) is 0 Å². The molecule has 11 heteroatoms. The third-order valence-electron chi connectivity index (χ3n) is 4.79. The molecule has 0 bridgehead atoms. The number of hydrogen-bond donors (Lipinski definition) is 0. The predicted molar refractivity (Wildman–Crippen MR) is 118 cm³/mol. The summed E-state index contributed by atoms with van der Waals surface area (Å²) in [6, 6.07) is 11.1. The van der Waals surface area contributed by atoms with Crippen molar-refractivity contribution in [1.82, 2.24) is 14.3 Å². The number of anilines is 1. The minimum Gasteiger partial charge on any atom is -0.498 e. The maximum Gasteiger partial charge on any atom is 0.328 e. The molecule has 0 N–H and O–H groups in total. The first-order valence-corrected chi connectivity index (χ1v) is 12.0. The van der Waals surface area contributed by atoms with Crippen molar-refractivity contribution in [1.29, 1.82) is 0 Å². The lowest BCUT2D eigenvalue weighted by molar-refractivity contribution is -0.233. The molecule has 0 aliphatic rings. The molecule has 3 aromatic heterocycles. The average molecular weight is 471 g/mol. The maximum atomic E-state index is 13.7. The van der Waals surface area contributed by atoms with Crippen LogP contribution >= 0.6 is 10.7 Å². The van der Waals surface area contributed by atoms with Gasteiger partial charge in [0.25, 0.3) is 10.0 Å². The van der Waals surface area contributed by atoms with Crippen molar-refractivity contribution in [3.63, 3.8) is 0 Å². The summed E-state index contributed by atoms with van der Waals surface area (Å²) in [4.78, 5) is 20.0. The fourth-order valence-corrected chi connectivity index (χ4v) is 6.06. The van der Waals surface area contributed by atoms with E-state index in [9.17, 15) is 18.3 Å². The van der Waals surface area contributed by atoms with Crippen molar-refractivity contribution in [3.05, 3.63) is 72.3 Å². The molecule has 4 aromatic rings. The number of aromatic nitrogens is 3. The Labute approximate surface area is 187 Å². The van der Waals surface area contributed by atoms with Crippen molar-refractivity contribution >= 4 is 41.9 Å². The second kappa shape index (κ2) is 8.52. The molecule has 0 aliphatic heterocycles. The third-order valence-corrected chi connectivity index (χ3v) is 8.01. The van der Waals surface area contributed by atoms with Crippen LogP contribution in [0.25, 0.3) is 10.2 Å². The fraction of sp³-hybridized carbons (Fsp3) is 0.143. The number of benzene rings is 1. The minimum absolute atomic E-state index is 0.0228. The molecule has 0 saturated heterocycles. The van der Waals surface area contributed by atoms with Gasteiger partial charge in [-0.3, -0.25) is 9.29 Å². The second-order valence-corrected chi connectivity index (χ2v) is 10.1. The van der Waals surface area contributed by atoms with Crippen molar-refractivity contribution < 1.29 is 23.1 Å². The van der Waals surface area contributed by atoms with Gasteiger partial charge in [0.05, 0.1) is 24.2 Å². The normalized spacial score (nSPS) is 12.0. The van der Waals surface area contributed by atoms with Gasteiger partial charge in [-0.2, -0.15) is 0 Å². The SMILES string of the molecule is COc1ccc(S(=O)(=O)N(Cc2cccnc2)c2ccnc3c2c(C)n[s+]3C(=O)[O-])cc1. The van der Waals surface area contributed by atoms with Crippen LogP contribution in [0.5, 0.6) is 5.75 Å². The number of carbonyl (C=O) groups excluding carboxylic acids is 1. The Kier molecular flexibility index (Phi) is 5.76. The van der Waals surface area contributed by atoms with E-state index in [1.165, 1.54) is 35.8 Å². The number of nitrogens with zero attached hydrogens (tertiary/aromatic N) is 4. The van der Waals surface area contributed by atoms with E-state index in [4.69, 9.17) is 4.74 Å². The van der Waals surface area contributed by atoms with Gasteiger partial charge in [0.1, 0.15) is 16.8 Å². The summed E-state index contributed by atoms with van der Waals surface area (Å²) in [7, 11) is -4.16. The zero-order valence-electron chi connectivity index (χ0n) is 17.1. The van der Waals surface area contributed by atoms with Gasteiger partial charge in [-0.1, -0.05) is 6.07 Å². The van der Waals surface area contributed by atoms with Gasteiger partial charge in [-0.25, -0.2) is 13.4 Å². The molecule has 32 heavy (non-hydrogen) atoms. The van der Waals surface area contributed by atoms with Crippen LogP contribution in [-0.4, -0.2) is 35.2 Å². The lowest BCUT2D eigenvalue weighted by Gasteiger charge is -2.25. The summed E-state index contributed by atoms with van der Waals surface area (Å²) in [5.41, 5.74) is 1.32. The summed E-state index contributed by atoms with van der Waals surface area (Å²) in [6.45, 7) is 1.60. The standard InChI is InChI=1S/C21H18N4O5S2/c1-14-19-18(9-11-23-20(19)31(24-14)21(26)27)25(13-15-4-3-10-22-12-15)32(28,29)17-7-5-16(30-2)6-8-17/h3-12H,13H2,1-2H3. The molecule has 164 valence electrons. The molecule has 1 aromatic carbocycles. The number of ether oxygens (including phenoxy) is 1. The molecule has 0 radical (unpaired) electrons. The molecular formula is C21H18N4O5S2. The number of sulfonamides is 1. The Morgan fingerprint density at radius 2 is 1.91 bits per heavy atom. The van der Waals surface area contributed by atoms with Gasteiger partial charge in [0.15, 0.2) is 10.7 Å². The van der Waals surface area contributed by atoms with Gasteiger partial charge in [-0.15, -0.1) is 0 Å². The largest absolute Gasteiger partial charge is 0.498 e. The molecule has 4 rings (SSSR count). The molecular weight excluding hydrogens is 452 g/mol. The van der Waals surface area contributed by atoms with Crippen LogP contribution in [0.15, 0.2) is 66.0 Å². The highest BCUT2D eigenvalue weighted by Crippen LogP contribution is 2.38. The van der Waals surface area contributed by atoms with Crippen LogP contribution in [-0.2, 0) is 16.6 Å². The van der Waals surface area contributed by atoms with E-state index < -0.39 is 26.0 Å². The van der Waals surface area contributed by atoms with E-state index in [1.54, 1.807) is 43.6 Å². The summed E-state index contributed by atoms with van der Waals surface area (Å²) in [6.07, 6.45) is 4.55. The molecule has 3 heterocycles. The Bertz CT molecular complexity index is 1390. The van der Waals surface area contributed by atoms with E-state index >= 15 is 0 Å². The summed E-state index contributed by atoms with van der Waals surface area (Å²) in [5, 5.41) is 10.6. The van der Waals surface area contributed by atoms with Gasteiger partial charge < -0.3 is 14.6 Å². The van der Waals surface area contributed by atoms with Gasteiger partial charge >= 0.3 is 10.1 Å². The number of rotatable bonds is 7. The monoisotopic (exact) mass is 470 g/mol. The smallest absolute Gasteiger partial charge is 0.328 e. The number of carboxylic acid groups (broad SMARTS) is 1. The first-order chi connectivity index (χ1) is 15.3. The van der Waals surface area contributed by atoms with E-state index in [1.807, 2.05) is 0 Å². The summed E-state index contributed by atoms with van der Waals surface area (Å²) < 4.78 is 38.0. The highest BCUT2D eigenvalue weighted by atomic mass is 32.2. The minimum atomic E-state index is -4.05. The van der Waals surface area contributed by atoms with Crippen molar-refractivity contribution in [2.75, 3.05) is 11.4 Å². The zero-order chi connectivity index (χ0) is 22.9. The van der Waals surface area contributed by atoms with E-state index in [2.05, 4.69) is 14.3 Å². The van der Waals surface area contributed by atoms with Gasteiger partial charge in [0.2, 0.25) is 0 Å². The van der Waals surface area contributed by atoms with Crippen molar-refractivity contribution in [3.8, 4) is 5.75 Å². The number of hydrogen-bond acceptors (Lipinski definition) is 8. The second-order valence-electron chi connectivity index (χ2n) is 6.77. The Balaban J connectivity index is 1.93. The van der Waals surface area contributed by atoms with Gasteiger partial charge in [0, 0.05) is 18.6 Å². The number of pyridine rings is 2. The highest BCUT2D eigenvalue weighted by Gasteiger charge is 2.32. The summed E-state index contributed by atoms with van der Waals surface area (Å²) in [5.74, 6) is 0.522. The van der Waals surface area contributed by atoms with Crippen LogP contribution in [0.2, 0.25) is 0 Å². The van der Waals surface area contributed by atoms with Crippen LogP contribution < -0.4 is 14.1 Å². The third kappa shape index (κ3) is 3.87. The van der Waals surface area contributed by atoms with Crippen LogP contribution in [0.1, 0.15) is 11.3 Å². The van der Waals surface area contributed by atoms with E-state index in [0.29, 0.717) is 22.4 Å². The Morgan fingerprint density at radius 1 is 1.16 bits per heavy atom. The Morgan fingerprint density at radius 3 is 2.53 bits per heavy atom. The van der Waals surface area contributed by atoms with Crippen LogP contribution in [0, 0.1) is 6.92 Å². The molecule has 0 aliphatic carbocycles. The van der Waals surface area contributed by atoms with Crippen LogP contribution in [0.3, 0.4) is 0 Å². The fourth-order valence-electron chi connectivity index (χ4n) is 3.30. The number of methoxy groups -OCH3 is 1. The number of fused-ring (bicyclic) bond motifs is 1. The molecule has 0 amide bonds. The maximum absolute atomic E-state index is 13.7. The quantitative estimate of drug-likeness (QED) is 0.378. The molecule has 0 saturated carbocycles. The lowest BCUT2D eigenvalue weighted by atomic mass is 10.2. The van der Waals surface area contributed by atoms with E-state index in [0.717, 1.165) is 0 Å². The first-order valence-electron chi connectivity index (χ1n) is 9.38. The van der Waals surface area contributed by atoms with Crippen molar-refractivity contribution in [2.45, 2.75) is 18.4 Å². The Hall–Kier alpha value is -3.57. The highest BCUT2D eigenvalue weighted by molar-refractivity contribution is 7.92. The molecule has 0 fully saturated rings. The summed E-state index contributed by atoms with van der Waals surface area (Å²) >= 11 is 0. The molecule has 0 spiro atoms. The number of carbonyl (C=O) groups is 1. The zero-order valence-corrected chi connectivity index (χ0v) is 18.8. The molecule has 9 nitrogen and oxygen atoms in total. The molecule has 1 unspecified atom stereocenters. The van der Waals surface area contributed by atoms with Gasteiger partial charge in [-0.05, 0) is 53.3 Å². The topological polar surface area (TPSA) is 125 Å². The first kappa shape index (κ1) is 21.7. The van der Waals surface area contributed by atoms with Crippen LogP contribution in [0.4, 0.5) is 10.5 Å². The number of aryl methyl sites for hydroxylation is 1. The predicted octanol–water partition coefficient (Wildman–Crippen LogP) is 2.68. The van der Waals surface area contributed by atoms with E-state index in [-0.39, 0.29) is 22.0 Å².